The minimum absolute atomic E-state index is 0.114. The van der Waals surface area contributed by atoms with Gasteiger partial charge in [0.1, 0.15) is 5.54 Å². The number of imide groups is 1. The number of urea groups is 1. The number of hydrogen-bond acceptors (Lipinski definition) is 3. The molecule has 2 fully saturated rings. The van der Waals surface area contributed by atoms with Crippen LogP contribution in [-0.4, -0.2) is 32.2 Å². The van der Waals surface area contributed by atoms with E-state index in [4.69, 9.17) is 0 Å². The van der Waals surface area contributed by atoms with Gasteiger partial charge in [0, 0.05) is 18.3 Å². The van der Waals surface area contributed by atoms with Gasteiger partial charge in [0.15, 0.2) is 0 Å². The van der Waals surface area contributed by atoms with Crippen molar-refractivity contribution in [3.05, 3.63) is 18.0 Å². The first-order chi connectivity index (χ1) is 10.2. The first-order valence-corrected chi connectivity index (χ1v) is 7.80. The molecule has 114 valence electrons. The molecule has 0 aromatic carbocycles. The lowest BCUT2D eigenvalue weighted by molar-refractivity contribution is -0.127. The second-order valence-electron chi connectivity index (χ2n) is 6.00. The van der Waals surface area contributed by atoms with E-state index in [2.05, 4.69) is 10.4 Å². The third-order valence-corrected chi connectivity index (χ3v) is 4.69. The summed E-state index contributed by atoms with van der Waals surface area (Å²) in [6, 6.07) is -0.258. The van der Waals surface area contributed by atoms with Gasteiger partial charge in [0.25, 0.3) is 5.91 Å². The molecule has 0 unspecified atom stereocenters. The van der Waals surface area contributed by atoms with Gasteiger partial charge in [-0.2, -0.15) is 5.10 Å². The van der Waals surface area contributed by atoms with Crippen LogP contribution in [0, 0.1) is 0 Å². The highest BCUT2D eigenvalue weighted by atomic mass is 16.2. The lowest BCUT2D eigenvalue weighted by atomic mass is 9.88. The molecule has 1 spiro atoms. The van der Waals surface area contributed by atoms with E-state index in [1.165, 1.54) is 0 Å². The number of aryl methyl sites for hydroxylation is 1. The molecule has 6 nitrogen and oxygen atoms in total. The standard InChI is InChI=1S/C15H22N4O2/c1-2-18-10-12(9-16-18)11-19-14(21)17-13(20)15(19)7-5-3-4-6-8-15/h9-10H,2-8,11H2,1H3,(H,17,20,21). The van der Waals surface area contributed by atoms with E-state index in [1.807, 2.05) is 17.8 Å². The zero-order valence-corrected chi connectivity index (χ0v) is 12.5. The molecule has 21 heavy (non-hydrogen) atoms. The normalized spacial score (nSPS) is 21.7. The van der Waals surface area contributed by atoms with Crippen molar-refractivity contribution in [2.24, 2.45) is 0 Å². The molecule has 0 atom stereocenters. The van der Waals surface area contributed by atoms with Crippen molar-refractivity contribution in [3.8, 4) is 0 Å². The van der Waals surface area contributed by atoms with E-state index in [-0.39, 0.29) is 11.9 Å². The van der Waals surface area contributed by atoms with Crippen LogP contribution in [0.25, 0.3) is 0 Å². The summed E-state index contributed by atoms with van der Waals surface area (Å²) in [5, 5.41) is 6.76. The summed E-state index contributed by atoms with van der Waals surface area (Å²) in [5.74, 6) is -0.114. The molecule has 2 heterocycles. The Morgan fingerprint density at radius 2 is 1.95 bits per heavy atom. The molecule has 1 aromatic heterocycles. The number of nitrogens with zero attached hydrogens (tertiary/aromatic N) is 3. The summed E-state index contributed by atoms with van der Waals surface area (Å²) in [6.07, 6.45) is 9.57. The van der Waals surface area contributed by atoms with Crippen LogP contribution in [0.5, 0.6) is 0 Å². The van der Waals surface area contributed by atoms with Gasteiger partial charge in [-0.1, -0.05) is 25.7 Å². The Bertz CT molecular complexity index is 544. The van der Waals surface area contributed by atoms with Gasteiger partial charge >= 0.3 is 6.03 Å². The summed E-state index contributed by atoms with van der Waals surface area (Å²) >= 11 is 0. The summed E-state index contributed by atoms with van der Waals surface area (Å²) in [7, 11) is 0. The number of amides is 3. The van der Waals surface area contributed by atoms with Crippen LogP contribution in [0.2, 0.25) is 0 Å². The van der Waals surface area contributed by atoms with E-state index >= 15 is 0 Å². The van der Waals surface area contributed by atoms with E-state index in [0.717, 1.165) is 50.6 Å². The number of aromatic nitrogens is 2. The highest BCUT2D eigenvalue weighted by Gasteiger charge is 2.52. The first kappa shape index (κ1) is 14.1. The highest BCUT2D eigenvalue weighted by molar-refractivity contribution is 6.07. The van der Waals surface area contributed by atoms with Crippen molar-refractivity contribution in [3.63, 3.8) is 0 Å². The van der Waals surface area contributed by atoms with Gasteiger partial charge in [0.05, 0.1) is 12.7 Å². The van der Waals surface area contributed by atoms with Crippen LogP contribution >= 0.6 is 0 Å². The molecule has 0 radical (unpaired) electrons. The summed E-state index contributed by atoms with van der Waals surface area (Å²) in [6.45, 7) is 3.28. The lowest BCUT2D eigenvalue weighted by Crippen LogP contribution is -2.48. The summed E-state index contributed by atoms with van der Waals surface area (Å²) in [5.41, 5.74) is 0.340. The van der Waals surface area contributed by atoms with Crippen molar-refractivity contribution in [1.82, 2.24) is 20.0 Å². The maximum Gasteiger partial charge on any atom is 0.325 e. The predicted molar refractivity (Wildman–Crippen MR) is 77.4 cm³/mol. The number of carbonyl (C=O) groups excluding carboxylic acids is 2. The third-order valence-electron chi connectivity index (χ3n) is 4.69. The van der Waals surface area contributed by atoms with Crippen molar-refractivity contribution in [1.29, 1.82) is 0 Å². The average molecular weight is 290 g/mol. The first-order valence-electron chi connectivity index (χ1n) is 7.80. The molecule has 6 heteroatoms. The van der Waals surface area contributed by atoms with Crippen molar-refractivity contribution in [2.45, 2.75) is 64.1 Å². The zero-order chi connectivity index (χ0) is 14.9. The zero-order valence-electron chi connectivity index (χ0n) is 12.5. The molecular weight excluding hydrogens is 268 g/mol. The van der Waals surface area contributed by atoms with E-state index in [9.17, 15) is 9.59 Å². The monoisotopic (exact) mass is 290 g/mol. The Kier molecular flexibility index (Phi) is 3.69. The van der Waals surface area contributed by atoms with Crippen LogP contribution in [-0.2, 0) is 17.9 Å². The van der Waals surface area contributed by atoms with Crippen LogP contribution in [0.15, 0.2) is 12.4 Å². The minimum atomic E-state index is -0.637. The second kappa shape index (κ2) is 5.50. The van der Waals surface area contributed by atoms with Crippen LogP contribution < -0.4 is 5.32 Å². The van der Waals surface area contributed by atoms with Crippen LogP contribution in [0.1, 0.15) is 51.0 Å². The van der Waals surface area contributed by atoms with Crippen molar-refractivity contribution >= 4 is 11.9 Å². The number of rotatable bonds is 3. The van der Waals surface area contributed by atoms with E-state index in [1.54, 1.807) is 11.1 Å². The van der Waals surface area contributed by atoms with Gasteiger partial charge in [-0.3, -0.25) is 14.8 Å². The number of carbonyl (C=O) groups is 2. The quantitative estimate of drug-likeness (QED) is 0.866. The van der Waals surface area contributed by atoms with E-state index in [0.29, 0.717) is 6.54 Å². The maximum atomic E-state index is 12.4. The molecule has 2 aliphatic rings. The second-order valence-corrected chi connectivity index (χ2v) is 6.00. The molecule has 0 bridgehead atoms. The topological polar surface area (TPSA) is 67.2 Å². The minimum Gasteiger partial charge on any atom is -0.305 e. The fourth-order valence-electron chi connectivity index (χ4n) is 3.48. The Hall–Kier alpha value is -1.85. The highest BCUT2D eigenvalue weighted by Crippen LogP contribution is 2.37. The molecule has 1 saturated carbocycles. The Morgan fingerprint density at radius 3 is 2.57 bits per heavy atom. The fraction of sp³-hybridized carbons (Fsp3) is 0.667. The van der Waals surface area contributed by atoms with Gasteiger partial charge in [-0.15, -0.1) is 0 Å². The summed E-state index contributed by atoms with van der Waals surface area (Å²) < 4.78 is 1.84. The molecule has 1 saturated heterocycles. The molecule has 1 aliphatic carbocycles. The van der Waals surface area contributed by atoms with Gasteiger partial charge < -0.3 is 4.90 Å². The lowest BCUT2D eigenvalue weighted by Gasteiger charge is -2.34. The Balaban J connectivity index is 1.86. The van der Waals surface area contributed by atoms with Crippen molar-refractivity contribution < 1.29 is 9.59 Å². The van der Waals surface area contributed by atoms with Gasteiger partial charge in [-0.25, -0.2) is 4.79 Å². The SMILES string of the molecule is CCn1cc(CN2C(=O)NC(=O)C23CCCCCC3)cn1. The molecule has 1 N–H and O–H groups in total. The maximum absolute atomic E-state index is 12.4. The Labute approximate surface area is 124 Å². The molecule has 1 aromatic rings. The fourth-order valence-corrected chi connectivity index (χ4v) is 3.48. The third kappa shape index (κ3) is 2.43. The van der Waals surface area contributed by atoms with Crippen molar-refractivity contribution in [2.75, 3.05) is 0 Å². The summed E-state index contributed by atoms with van der Waals surface area (Å²) in [4.78, 5) is 26.3. The average Bonchev–Trinajstić information content (AvgIpc) is 2.90. The predicted octanol–water partition coefficient (Wildman–Crippen LogP) is 2.05. The van der Waals surface area contributed by atoms with Crippen LogP contribution in [0.4, 0.5) is 4.79 Å². The molecular formula is C15H22N4O2. The largest absolute Gasteiger partial charge is 0.325 e. The Morgan fingerprint density at radius 1 is 1.24 bits per heavy atom. The number of nitrogens with one attached hydrogen (secondary N) is 1. The van der Waals surface area contributed by atoms with Crippen LogP contribution in [0.3, 0.4) is 0 Å². The molecule has 3 amide bonds. The van der Waals surface area contributed by atoms with E-state index < -0.39 is 5.54 Å². The number of hydrogen-bond donors (Lipinski definition) is 1. The molecule has 3 rings (SSSR count). The van der Waals surface area contributed by atoms with Gasteiger partial charge in [-0.05, 0) is 19.8 Å². The van der Waals surface area contributed by atoms with Gasteiger partial charge in [0.2, 0.25) is 0 Å². The smallest absolute Gasteiger partial charge is 0.305 e. The molecule has 1 aliphatic heterocycles.